The molecule has 1 heterocycles. The van der Waals surface area contributed by atoms with Crippen molar-refractivity contribution in [2.75, 3.05) is 20.2 Å². The summed E-state index contributed by atoms with van der Waals surface area (Å²) in [6.07, 6.45) is 1.43. The Labute approximate surface area is 121 Å². The van der Waals surface area contributed by atoms with Gasteiger partial charge in [0, 0.05) is 20.3 Å². The van der Waals surface area contributed by atoms with Crippen LogP contribution in [-0.4, -0.2) is 46.6 Å². The number of hydrogen-bond acceptors (Lipinski definition) is 4. The Balaban J connectivity index is 2.37. The van der Waals surface area contributed by atoms with Crippen LogP contribution < -0.4 is 4.74 Å². The Kier molecular flexibility index (Phi) is 5.22. The summed E-state index contributed by atoms with van der Waals surface area (Å²) in [6.45, 7) is 6.28. The van der Waals surface area contributed by atoms with Gasteiger partial charge < -0.3 is 14.4 Å². The lowest BCUT2D eigenvalue weighted by molar-refractivity contribution is 0.0277. The van der Waals surface area contributed by atoms with E-state index in [2.05, 4.69) is 21.0 Å². The number of nitrogens with zero attached hydrogens (tertiary/aromatic N) is 3. The van der Waals surface area contributed by atoms with Crippen LogP contribution in [0.15, 0.2) is 10.7 Å². The molecular formula is C12H20BrN3O3. The van der Waals surface area contributed by atoms with Crippen molar-refractivity contribution in [3.05, 3.63) is 10.7 Å². The molecule has 0 aliphatic rings. The number of hydrogen-bond donors (Lipinski definition) is 0. The van der Waals surface area contributed by atoms with E-state index in [0.717, 1.165) is 4.47 Å². The smallest absolute Gasteiger partial charge is 0.410 e. The molecule has 0 aliphatic heterocycles. The van der Waals surface area contributed by atoms with Gasteiger partial charge in [-0.2, -0.15) is 0 Å². The average Bonchev–Trinajstić information content (AvgIpc) is 2.55. The van der Waals surface area contributed by atoms with Gasteiger partial charge in [0.15, 0.2) is 0 Å². The van der Waals surface area contributed by atoms with Crippen LogP contribution in [0, 0.1) is 0 Å². The van der Waals surface area contributed by atoms with Crippen LogP contribution in [0.4, 0.5) is 4.79 Å². The quantitative estimate of drug-likeness (QED) is 0.849. The van der Waals surface area contributed by atoms with E-state index in [4.69, 9.17) is 9.47 Å². The van der Waals surface area contributed by atoms with E-state index in [9.17, 15) is 4.79 Å². The molecule has 108 valence electrons. The molecule has 1 aromatic heterocycles. The van der Waals surface area contributed by atoms with E-state index < -0.39 is 5.60 Å². The second kappa shape index (κ2) is 6.27. The van der Waals surface area contributed by atoms with Crippen LogP contribution in [0.2, 0.25) is 0 Å². The van der Waals surface area contributed by atoms with Crippen molar-refractivity contribution >= 4 is 22.0 Å². The lowest BCUT2D eigenvalue weighted by Crippen LogP contribution is -2.36. The molecule has 7 heteroatoms. The van der Waals surface area contributed by atoms with Gasteiger partial charge in [-0.05, 0) is 36.7 Å². The van der Waals surface area contributed by atoms with Gasteiger partial charge in [0.1, 0.15) is 12.2 Å². The summed E-state index contributed by atoms with van der Waals surface area (Å²) >= 11 is 3.34. The number of carbonyl (C=O) groups is 1. The Hall–Kier alpha value is -1.24. The van der Waals surface area contributed by atoms with Gasteiger partial charge in [0.05, 0.1) is 11.0 Å². The third-order valence-electron chi connectivity index (χ3n) is 2.12. The fraction of sp³-hybridized carbons (Fsp3) is 0.667. The summed E-state index contributed by atoms with van der Waals surface area (Å²) in [6, 6.07) is 0. The van der Waals surface area contributed by atoms with Gasteiger partial charge in [-0.3, -0.25) is 4.68 Å². The average molecular weight is 334 g/mol. The molecule has 1 aromatic rings. The summed E-state index contributed by atoms with van der Waals surface area (Å²) < 4.78 is 13.1. The van der Waals surface area contributed by atoms with Crippen LogP contribution >= 0.6 is 15.9 Å². The van der Waals surface area contributed by atoms with Crippen molar-refractivity contribution in [1.82, 2.24) is 14.7 Å². The molecule has 0 bridgehead atoms. The first-order valence-electron chi connectivity index (χ1n) is 5.95. The number of halogens is 1. The highest BCUT2D eigenvalue weighted by atomic mass is 79.9. The molecule has 1 rings (SSSR count). The zero-order chi connectivity index (χ0) is 14.6. The van der Waals surface area contributed by atoms with E-state index in [0.29, 0.717) is 19.0 Å². The molecule has 0 unspecified atom stereocenters. The summed E-state index contributed by atoms with van der Waals surface area (Å²) in [5.41, 5.74) is -0.490. The molecular weight excluding hydrogens is 314 g/mol. The zero-order valence-electron chi connectivity index (χ0n) is 11.9. The highest BCUT2D eigenvalue weighted by Gasteiger charge is 2.19. The molecule has 0 radical (unpaired) electrons. The van der Waals surface area contributed by atoms with Crippen molar-refractivity contribution < 1.29 is 14.3 Å². The number of carbonyl (C=O) groups excluding carboxylic acids is 1. The second-order valence-corrected chi connectivity index (χ2v) is 6.06. The normalized spacial score (nSPS) is 11.3. The molecule has 0 atom stereocenters. The summed E-state index contributed by atoms with van der Waals surface area (Å²) in [4.78, 5) is 13.2. The maximum Gasteiger partial charge on any atom is 0.410 e. The van der Waals surface area contributed by atoms with E-state index in [1.54, 1.807) is 17.9 Å². The first-order chi connectivity index (χ1) is 8.69. The van der Waals surface area contributed by atoms with E-state index in [-0.39, 0.29) is 6.09 Å². The van der Waals surface area contributed by atoms with E-state index >= 15 is 0 Å². The topological polar surface area (TPSA) is 56.6 Å². The second-order valence-electron chi connectivity index (χ2n) is 5.21. The zero-order valence-corrected chi connectivity index (χ0v) is 13.5. The molecule has 0 spiro atoms. The van der Waals surface area contributed by atoms with E-state index in [1.807, 2.05) is 27.8 Å². The Morgan fingerprint density at radius 1 is 1.53 bits per heavy atom. The minimum atomic E-state index is -0.490. The largest absolute Gasteiger partial charge is 0.474 e. The number of amides is 1. The van der Waals surface area contributed by atoms with Crippen molar-refractivity contribution in [2.45, 2.75) is 26.4 Å². The highest BCUT2D eigenvalue weighted by molar-refractivity contribution is 9.10. The Morgan fingerprint density at radius 3 is 2.63 bits per heavy atom. The Morgan fingerprint density at radius 2 is 2.16 bits per heavy atom. The Bertz CT molecular complexity index is 440. The number of ether oxygens (including phenoxy) is 2. The monoisotopic (exact) mass is 333 g/mol. The highest BCUT2D eigenvalue weighted by Crippen LogP contribution is 2.21. The van der Waals surface area contributed by atoms with Gasteiger partial charge >= 0.3 is 6.09 Å². The van der Waals surface area contributed by atoms with Crippen LogP contribution in [0.25, 0.3) is 0 Å². The lowest BCUT2D eigenvalue weighted by Gasteiger charge is -2.24. The van der Waals surface area contributed by atoms with Crippen molar-refractivity contribution in [3.8, 4) is 5.88 Å². The molecule has 0 aromatic carbocycles. The maximum atomic E-state index is 11.7. The summed E-state index contributed by atoms with van der Waals surface area (Å²) in [5, 5.41) is 4.12. The van der Waals surface area contributed by atoms with E-state index in [1.165, 1.54) is 4.90 Å². The summed E-state index contributed by atoms with van der Waals surface area (Å²) in [7, 11) is 3.48. The molecule has 0 fully saturated rings. The number of aryl methyl sites for hydroxylation is 1. The SMILES string of the molecule is CN(CCOc1nn(C)cc1Br)C(=O)OC(C)(C)C. The summed E-state index contributed by atoms with van der Waals surface area (Å²) in [5.74, 6) is 0.514. The van der Waals surface area contributed by atoms with Crippen molar-refractivity contribution in [2.24, 2.45) is 7.05 Å². The van der Waals surface area contributed by atoms with Gasteiger partial charge in [-0.15, -0.1) is 5.10 Å². The minimum Gasteiger partial charge on any atom is -0.474 e. The first-order valence-corrected chi connectivity index (χ1v) is 6.74. The molecule has 19 heavy (non-hydrogen) atoms. The predicted molar refractivity (Wildman–Crippen MR) is 75.3 cm³/mol. The van der Waals surface area contributed by atoms with Crippen LogP contribution in [0.1, 0.15) is 20.8 Å². The standard InChI is InChI=1S/C12H20BrN3O3/c1-12(2,3)19-11(17)15(4)6-7-18-10-9(13)8-16(5)14-10/h8H,6-7H2,1-5H3. The molecule has 1 amide bonds. The maximum absolute atomic E-state index is 11.7. The fourth-order valence-corrected chi connectivity index (χ4v) is 1.74. The first kappa shape index (κ1) is 15.8. The van der Waals surface area contributed by atoms with Gasteiger partial charge in [0.2, 0.25) is 5.88 Å². The van der Waals surface area contributed by atoms with Crippen LogP contribution in [0.3, 0.4) is 0 Å². The van der Waals surface area contributed by atoms with Crippen molar-refractivity contribution in [1.29, 1.82) is 0 Å². The molecule has 0 saturated heterocycles. The lowest BCUT2D eigenvalue weighted by atomic mass is 10.2. The van der Waals surface area contributed by atoms with Gasteiger partial charge in [-0.1, -0.05) is 0 Å². The van der Waals surface area contributed by atoms with Crippen LogP contribution in [-0.2, 0) is 11.8 Å². The number of aromatic nitrogens is 2. The van der Waals surface area contributed by atoms with Crippen molar-refractivity contribution in [3.63, 3.8) is 0 Å². The third kappa shape index (κ3) is 5.50. The predicted octanol–water partition coefficient (Wildman–Crippen LogP) is 2.43. The third-order valence-corrected chi connectivity index (χ3v) is 2.67. The van der Waals surface area contributed by atoms with Gasteiger partial charge in [-0.25, -0.2) is 4.79 Å². The minimum absolute atomic E-state index is 0.353. The molecule has 0 saturated carbocycles. The van der Waals surface area contributed by atoms with Gasteiger partial charge in [0.25, 0.3) is 0 Å². The molecule has 6 nitrogen and oxygen atoms in total. The molecule has 0 aliphatic carbocycles. The van der Waals surface area contributed by atoms with Crippen LogP contribution in [0.5, 0.6) is 5.88 Å². The number of likely N-dealkylation sites (N-methyl/N-ethyl adjacent to an activating group) is 1. The fourth-order valence-electron chi connectivity index (χ4n) is 1.25. The molecule has 0 N–H and O–H groups in total. The number of rotatable bonds is 4.